The van der Waals surface area contributed by atoms with Crippen molar-refractivity contribution in [3.8, 4) is 0 Å². The molecule has 0 aliphatic carbocycles. The molecule has 2 fully saturated rings. The zero-order chi connectivity index (χ0) is 23.0. The number of hydrogen-bond acceptors (Lipinski definition) is 3. The van der Waals surface area contributed by atoms with Gasteiger partial charge in [-0.15, -0.1) is 0 Å². The lowest BCUT2D eigenvalue weighted by Gasteiger charge is -2.33. The van der Waals surface area contributed by atoms with Gasteiger partial charge in [0.1, 0.15) is 0 Å². The van der Waals surface area contributed by atoms with Gasteiger partial charge in [0.2, 0.25) is 11.8 Å². The fourth-order valence-electron chi connectivity index (χ4n) is 4.68. The summed E-state index contributed by atoms with van der Waals surface area (Å²) in [7, 11) is 0. The molecule has 6 heteroatoms. The van der Waals surface area contributed by atoms with Gasteiger partial charge in [-0.1, -0.05) is 60.1 Å². The lowest BCUT2D eigenvalue weighted by Crippen LogP contribution is -2.42. The van der Waals surface area contributed by atoms with E-state index in [4.69, 9.17) is 11.6 Å². The minimum Gasteiger partial charge on any atom is -0.340 e. The number of likely N-dealkylation sites (tertiary alicyclic amines) is 1. The van der Waals surface area contributed by atoms with E-state index in [9.17, 15) is 9.59 Å². The maximum absolute atomic E-state index is 12.7. The molecule has 0 atom stereocenters. The fraction of sp³-hybridized carbons (Fsp3) is 0.407. The molecule has 33 heavy (non-hydrogen) atoms. The van der Waals surface area contributed by atoms with Gasteiger partial charge in [0, 0.05) is 50.2 Å². The second kappa shape index (κ2) is 11.5. The van der Waals surface area contributed by atoms with Crippen molar-refractivity contribution < 1.29 is 9.59 Å². The van der Waals surface area contributed by atoms with Gasteiger partial charge in [0.05, 0.1) is 0 Å². The van der Waals surface area contributed by atoms with Crippen LogP contribution in [0.25, 0.3) is 6.08 Å². The molecule has 0 saturated carbocycles. The molecule has 0 spiro atoms. The molecule has 174 valence electrons. The molecule has 0 aromatic heterocycles. The molecule has 2 aromatic rings. The van der Waals surface area contributed by atoms with Gasteiger partial charge in [-0.05, 0) is 55.1 Å². The largest absolute Gasteiger partial charge is 0.340 e. The van der Waals surface area contributed by atoms with E-state index in [0.29, 0.717) is 37.0 Å². The van der Waals surface area contributed by atoms with E-state index in [1.54, 1.807) is 23.1 Å². The summed E-state index contributed by atoms with van der Waals surface area (Å²) in [5.74, 6) is 0.702. The van der Waals surface area contributed by atoms with E-state index >= 15 is 0 Å². The van der Waals surface area contributed by atoms with Crippen LogP contribution in [0.4, 0.5) is 0 Å². The Hall–Kier alpha value is -2.63. The molecule has 0 bridgehead atoms. The van der Waals surface area contributed by atoms with Gasteiger partial charge in [-0.2, -0.15) is 0 Å². The summed E-state index contributed by atoms with van der Waals surface area (Å²) in [6, 6.07) is 18.2. The molecule has 5 nitrogen and oxygen atoms in total. The van der Waals surface area contributed by atoms with Crippen molar-refractivity contribution in [1.29, 1.82) is 0 Å². The fourth-order valence-corrected chi connectivity index (χ4v) is 4.88. The molecule has 2 heterocycles. The van der Waals surface area contributed by atoms with Gasteiger partial charge in [-0.3, -0.25) is 9.59 Å². The third-order valence-electron chi connectivity index (χ3n) is 6.76. The highest BCUT2D eigenvalue weighted by atomic mass is 35.5. The number of benzene rings is 2. The van der Waals surface area contributed by atoms with Crippen molar-refractivity contribution in [2.24, 2.45) is 0 Å². The van der Waals surface area contributed by atoms with Crippen LogP contribution >= 0.6 is 11.6 Å². The molecular formula is C27H32ClN3O2. The highest BCUT2D eigenvalue weighted by Crippen LogP contribution is 2.27. The Labute approximate surface area is 201 Å². The number of carbonyl (C=O) groups excluding carboxylic acids is 2. The standard InChI is InChI=1S/C27H32ClN3O2/c28-25-9-5-4-8-24(25)10-11-26(32)30-17-14-27(33)31(21-20-30)19-18-29-15-12-23(13-16-29)22-6-2-1-3-7-22/h1-11,23H,12-21H2/b11-10+. The van der Waals surface area contributed by atoms with Gasteiger partial charge in [0.25, 0.3) is 0 Å². The second-order valence-electron chi connectivity index (χ2n) is 8.84. The molecule has 4 rings (SSSR count). The molecule has 2 aliphatic heterocycles. The van der Waals surface area contributed by atoms with Crippen molar-refractivity contribution in [2.75, 3.05) is 45.8 Å². The van der Waals surface area contributed by atoms with E-state index in [2.05, 4.69) is 35.2 Å². The first-order valence-corrected chi connectivity index (χ1v) is 12.2. The molecule has 0 N–H and O–H groups in total. The molecule has 2 saturated heterocycles. The van der Waals surface area contributed by atoms with Gasteiger partial charge >= 0.3 is 0 Å². The Morgan fingerprint density at radius 2 is 1.64 bits per heavy atom. The molecule has 0 unspecified atom stereocenters. The number of rotatable bonds is 6. The summed E-state index contributed by atoms with van der Waals surface area (Å²) in [6.07, 6.45) is 6.00. The van der Waals surface area contributed by atoms with E-state index in [1.165, 1.54) is 5.56 Å². The minimum absolute atomic E-state index is 0.0763. The Balaban J connectivity index is 1.23. The molecule has 2 aromatic carbocycles. The first kappa shape index (κ1) is 23.5. The van der Waals surface area contributed by atoms with Crippen LogP contribution in [-0.2, 0) is 9.59 Å². The maximum Gasteiger partial charge on any atom is 0.246 e. The quantitative estimate of drug-likeness (QED) is 0.597. The number of amides is 2. The van der Waals surface area contributed by atoms with Crippen LogP contribution in [0.5, 0.6) is 0 Å². The van der Waals surface area contributed by atoms with Gasteiger partial charge < -0.3 is 14.7 Å². The third kappa shape index (κ3) is 6.46. The van der Waals surface area contributed by atoms with Gasteiger partial charge in [0.15, 0.2) is 0 Å². The summed E-state index contributed by atoms with van der Waals surface area (Å²) in [4.78, 5) is 31.5. The number of carbonyl (C=O) groups is 2. The van der Waals surface area contributed by atoms with E-state index in [0.717, 1.165) is 44.6 Å². The summed E-state index contributed by atoms with van der Waals surface area (Å²) >= 11 is 6.16. The third-order valence-corrected chi connectivity index (χ3v) is 7.10. The average molecular weight is 466 g/mol. The topological polar surface area (TPSA) is 43.9 Å². The van der Waals surface area contributed by atoms with E-state index in [-0.39, 0.29) is 11.8 Å². The summed E-state index contributed by atoms with van der Waals surface area (Å²) in [6.45, 7) is 5.38. The van der Waals surface area contributed by atoms with Crippen LogP contribution in [0.1, 0.15) is 36.3 Å². The number of nitrogens with zero attached hydrogens (tertiary/aromatic N) is 3. The number of piperidine rings is 1. The summed E-state index contributed by atoms with van der Waals surface area (Å²) in [5, 5.41) is 0.617. The summed E-state index contributed by atoms with van der Waals surface area (Å²) in [5.41, 5.74) is 2.25. The van der Waals surface area contributed by atoms with Crippen LogP contribution in [0.2, 0.25) is 5.02 Å². The molecule has 2 amide bonds. The highest BCUT2D eigenvalue weighted by Gasteiger charge is 2.25. The van der Waals surface area contributed by atoms with Crippen molar-refractivity contribution in [3.63, 3.8) is 0 Å². The zero-order valence-corrected chi connectivity index (χ0v) is 19.8. The number of hydrogen-bond donors (Lipinski definition) is 0. The first-order valence-electron chi connectivity index (χ1n) is 11.9. The minimum atomic E-state index is -0.0763. The van der Waals surface area contributed by atoms with Crippen LogP contribution < -0.4 is 0 Å². The predicted molar refractivity (Wildman–Crippen MR) is 133 cm³/mol. The van der Waals surface area contributed by atoms with Crippen molar-refractivity contribution in [3.05, 3.63) is 76.8 Å². The second-order valence-corrected chi connectivity index (χ2v) is 9.24. The van der Waals surface area contributed by atoms with Crippen LogP contribution in [0.3, 0.4) is 0 Å². The Bertz CT molecular complexity index is 970. The van der Waals surface area contributed by atoms with Crippen molar-refractivity contribution in [1.82, 2.24) is 14.7 Å². The van der Waals surface area contributed by atoms with Crippen LogP contribution in [-0.4, -0.2) is 72.3 Å². The summed E-state index contributed by atoms with van der Waals surface area (Å²) < 4.78 is 0. The maximum atomic E-state index is 12.7. The Morgan fingerprint density at radius 1 is 0.909 bits per heavy atom. The van der Waals surface area contributed by atoms with E-state index < -0.39 is 0 Å². The van der Waals surface area contributed by atoms with Crippen LogP contribution in [0.15, 0.2) is 60.7 Å². The van der Waals surface area contributed by atoms with Gasteiger partial charge in [-0.25, -0.2) is 0 Å². The Kier molecular flexibility index (Phi) is 8.19. The SMILES string of the molecule is O=C(/C=C/c1ccccc1Cl)N1CCC(=O)N(CCN2CCC(c3ccccc3)CC2)CC1. The molecule has 0 radical (unpaired) electrons. The lowest BCUT2D eigenvalue weighted by atomic mass is 9.89. The molecular weight excluding hydrogens is 434 g/mol. The smallest absolute Gasteiger partial charge is 0.246 e. The normalized spacial score (nSPS) is 18.6. The van der Waals surface area contributed by atoms with Crippen molar-refractivity contribution in [2.45, 2.75) is 25.2 Å². The predicted octanol–water partition coefficient (Wildman–Crippen LogP) is 4.29. The van der Waals surface area contributed by atoms with E-state index in [1.807, 2.05) is 23.1 Å². The van der Waals surface area contributed by atoms with Crippen LogP contribution in [0, 0.1) is 0 Å². The lowest BCUT2D eigenvalue weighted by molar-refractivity contribution is -0.130. The monoisotopic (exact) mass is 465 g/mol. The Morgan fingerprint density at radius 3 is 2.39 bits per heavy atom. The zero-order valence-electron chi connectivity index (χ0n) is 19.0. The first-order chi connectivity index (χ1) is 16.1. The highest BCUT2D eigenvalue weighted by molar-refractivity contribution is 6.32. The molecule has 2 aliphatic rings. The average Bonchev–Trinajstić information content (AvgIpc) is 3.04. The number of halogens is 1. The van der Waals surface area contributed by atoms with Crippen molar-refractivity contribution >= 4 is 29.5 Å².